The van der Waals surface area contributed by atoms with Gasteiger partial charge in [0.2, 0.25) is 0 Å². The molecule has 0 spiro atoms. The van der Waals surface area contributed by atoms with Crippen LogP contribution in [-0.4, -0.2) is 10.6 Å². The Morgan fingerprint density at radius 1 is 1.18 bits per heavy atom. The summed E-state index contributed by atoms with van der Waals surface area (Å²) < 4.78 is 1.72. The number of hydrogen-bond donors (Lipinski definition) is 1. The van der Waals surface area contributed by atoms with Gasteiger partial charge in [-0.05, 0) is 49.8 Å². The van der Waals surface area contributed by atoms with Crippen molar-refractivity contribution in [2.24, 2.45) is 7.05 Å². The van der Waals surface area contributed by atoms with Gasteiger partial charge in [-0.25, -0.2) is 0 Å². The largest absolute Gasteiger partial charge is 0.316 e. The third-order valence-electron chi connectivity index (χ3n) is 4.80. The molecule has 1 aliphatic rings. The number of benzene rings is 1. The van der Waals surface area contributed by atoms with E-state index in [0.29, 0.717) is 12.6 Å². The van der Waals surface area contributed by atoms with Crippen LogP contribution in [0.3, 0.4) is 0 Å². The van der Waals surface area contributed by atoms with E-state index in [4.69, 9.17) is 0 Å². The Morgan fingerprint density at radius 3 is 2.77 bits per heavy atom. The highest BCUT2D eigenvalue weighted by atomic mass is 16.1. The first kappa shape index (κ1) is 15.0. The minimum Gasteiger partial charge on any atom is -0.316 e. The molecule has 1 heterocycles. The van der Waals surface area contributed by atoms with Gasteiger partial charge in [0.05, 0.1) is 0 Å². The maximum atomic E-state index is 12.3. The third kappa shape index (κ3) is 3.14. The molecule has 116 valence electrons. The molecule has 1 aromatic carbocycles. The number of nitrogens with zero attached hydrogens (tertiary/aromatic N) is 1. The van der Waals surface area contributed by atoms with Crippen molar-refractivity contribution in [3.05, 3.63) is 69.1 Å². The fraction of sp³-hybridized carbons (Fsp3) is 0.421. The first-order valence-electron chi connectivity index (χ1n) is 8.11. The van der Waals surface area contributed by atoms with Crippen molar-refractivity contribution in [3.8, 4) is 0 Å². The van der Waals surface area contributed by atoms with E-state index in [1.165, 1.54) is 30.4 Å². The van der Waals surface area contributed by atoms with Crippen LogP contribution in [-0.2, 0) is 26.4 Å². The molecule has 3 rings (SSSR count). The lowest BCUT2D eigenvalue weighted by Crippen LogP contribution is -2.33. The smallest absolute Gasteiger partial charge is 0.254 e. The Hall–Kier alpha value is -1.87. The number of fused-ring (bicyclic) bond motifs is 1. The predicted octanol–water partition coefficient (Wildman–Crippen LogP) is 2.73. The molecule has 0 fully saturated rings. The molecule has 3 nitrogen and oxygen atoms in total. The summed E-state index contributed by atoms with van der Waals surface area (Å²) in [6.45, 7) is 2.61. The predicted molar refractivity (Wildman–Crippen MR) is 90.1 cm³/mol. The average molecular weight is 296 g/mol. The second-order valence-corrected chi connectivity index (χ2v) is 6.31. The van der Waals surface area contributed by atoms with Crippen molar-refractivity contribution in [3.63, 3.8) is 0 Å². The van der Waals surface area contributed by atoms with Gasteiger partial charge < -0.3 is 9.88 Å². The number of nitrogens with one attached hydrogen (secondary N) is 1. The standard InChI is InChI=1S/C19H24N2O/c1-14-10-11-17(19(22)21(14)2)13-20-18-9-5-8-15-6-3-4-7-16(15)12-18/h3-4,6-7,10-11,18,20H,5,8-9,12-13H2,1-2H3. The summed E-state index contributed by atoms with van der Waals surface area (Å²) in [5, 5.41) is 3.59. The summed E-state index contributed by atoms with van der Waals surface area (Å²) in [6.07, 6.45) is 4.60. The van der Waals surface area contributed by atoms with Crippen LogP contribution in [0, 0.1) is 6.92 Å². The number of pyridine rings is 1. The van der Waals surface area contributed by atoms with Gasteiger partial charge in [-0.2, -0.15) is 0 Å². The van der Waals surface area contributed by atoms with Gasteiger partial charge in [0.25, 0.3) is 5.56 Å². The zero-order valence-electron chi connectivity index (χ0n) is 13.4. The van der Waals surface area contributed by atoms with E-state index in [0.717, 1.165) is 17.7 Å². The fourth-order valence-electron chi connectivity index (χ4n) is 3.25. The van der Waals surface area contributed by atoms with Crippen molar-refractivity contribution in [2.45, 2.75) is 45.2 Å². The maximum absolute atomic E-state index is 12.3. The minimum atomic E-state index is 0.113. The lowest BCUT2D eigenvalue weighted by molar-refractivity contribution is 0.473. The topological polar surface area (TPSA) is 34.0 Å². The molecule has 1 N–H and O–H groups in total. The molecular weight excluding hydrogens is 272 g/mol. The van der Waals surface area contributed by atoms with E-state index in [9.17, 15) is 4.79 Å². The molecule has 3 heteroatoms. The third-order valence-corrected chi connectivity index (χ3v) is 4.80. The molecule has 1 aliphatic carbocycles. The lowest BCUT2D eigenvalue weighted by atomic mass is 10.0. The zero-order chi connectivity index (χ0) is 15.5. The van der Waals surface area contributed by atoms with E-state index < -0.39 is 0 Å². The van der Waals surface area contributed by atoms with Crippen molar-refractivity contribution in [2.75, 3.05) is 0 Å². The zero-order valence-corrected chi connectivity index (χ0v) is 13.4. The fourth-order valence-corrected chi connectivity index (χ4v) is 3.25. The van der Waals surface area contributed by atoms with Gasteiger partial charge in [-0.3, -0.25) is 4.79 Å². The molecule has 2 aromatic rings. The SMILES string of the molecule is Cc1ccc(CNC2CCCc3ccccc3C2)c(=O)n1C. The molecule has 0 radical (unpaired) electrons. The number of rotatable bonds is 3. The van der Waals surface area contributed by atoms with Crippen LogP contribution in [0.2, 0.25) is 0 Å². The molecule has 1 atom stereocenters. The highest BCUT2D eigenvalue weighted by Gasteiger charge is 2.16. The van der Waals surface area contributed by atoms with Crippen LogP contribution < -0.4 is 10.9 Å². The monoisotopic (exact) mass is 296 g/mol. The Balaban J connectivity index is 1.70. The number of hydrogen-bond acceptors (Lipinski definition) is 2. The lowest BCUT2D eigenvalue weighted by Gasteiger charge is -2.17. The number of aromatic nitrogens is 1. The van der Waals surface area contributed by atoms with Crippen LogP contribution in [0.25, 0.3) is 0 Å². The average Bonchev–Trinajstić information content (AvgIpc) is 2.74. The molecule has 1 aromatic heterocycles. The Kier molecular flexibility index (Phi) is 4.44. The summed E-state index contributed by atoms with van der Waals surface area (Å²) in [5.41, 5.74) is 4.90. The molecule has 0 saturated carbocycles. The molecule has 0 aliphatic heterocycles. The summed E-state index contributed by atoms with van der Waals surface area (Å²) in [4.78, 5) is 12.3. The molecule has 0 saturated heterocycles. The van der Waals surface area contributed by atoms with Crippen molar-refractivity contribution < 1.29 is 0 Å². The molecule has 1 unspecified atom stereocenters. The second kappa shape index (κ2) is 6.49. The van der Waals surface area contributed by atoms with Crippen LogP contribution >= 0.6 is 0 Å². The summed E-state index contributed by atoms with van der Waals surface area (Å²) in [6, 6.07) is 13.2. The van der Waals surface area contributed by atoms with E-state index in [1.54, 1.807) is 4.57 Å². The van der Waals surface area contributed by atoms with Crippen LogP contribution in [0.5, 0.6) is 0 Å². The summed E-state index contributed by atoms with van der Waals surface area (Å²) >= 11 is 0. The quantitative estimate of drug-likeness (QED) is 0.884. The van der Waals surface area contributed by atoms with Gasteiger partial charge in [0, 0.05) is 30.9 Å². The molecule has 0 amide bonds. The van der Waals surface area contributed by atoms with E-state index >= 15 is 0 Å². The number of aryl methyl sites for hydroxylation is 2. The van der Waals surface area contributed by atoms with Gasteiger partial charge in [0.1, 0.15) is 0 Å². The van der Waals surface area contributed by atoms with Crippen LogP contribution in [0.4, 0.5) is 0 Å². The Morgan fingerprint density at radius 2 is 1.95 bits per heavy atom. The van der Waals surface area contributed by atoms with Crippen molar-refractivity contribution in [1.82, 2.24) is 9.88 Å². The molecule has 0 bridgehead atoms. The minimum absolute atomic E-state index is 0.113. The highest BCUT2D eigenvalue weighted by molar-refractivity contribution is 5.29. The Labute approximate surface area is 132 Å². The van der Waals surface area contributed by atoms with E-state index in [2.05, 4.69) is 29.6 Å². The van der Waals surface area contributed by atoms with Crippen LogP contribution in [0.1, 0.15) is 35.2 Å². The second-order valence-electron chi connectivity index (χ2n) is 6.31. The van der Waals surface area contributed by atoms with Gasteiger partial charge in [-0.15, -0.1) is 0 Å². The van der Waals surface area contributed by atoms with E-state index in [-0.39, 0.29) is 5.56 Å². The van der Waals surface area contributed by atoms with Crippen molar-refractivity contribution in [1.29, 1.82) is 0 Å². The normalized spacial score (nSPS) is 17.8. The first-order valence-corrected chi connectivity index (χ1v) is 8.11. The van der Waals surface area contributed by atoms with Crippen LogP contribution in [0.15, 0.2) is 41.2 Å². The first-order chi connectivity index (χ1) is 10.6. The molecule has 22 heavy (non-hydrogen) atoms. The van der Waals surface area contributed by atoms with E-state index in [1.807, 2.05) is 26.1 Å². The van der Waals surface area contributed by atoms with Gasteiger partial charge in [-0.1, -0.05) is 30.3 Å². The van der Waals surface area contributed by atoms with Gasteiger partial charge in [0.15, 0.2) is 0 Å². The molecular formula is C19H24N2O. The van der Waals surface area contributed by atoms with Gasteiger partial charge >= 0.3 is 0 Å². The summed E-state index contributed by atoms with van der Waals surface area (Å²) in [7, 11) is 1.84. The maximum Gasteiger partial charge on any atom is 0.254 e. The van der Waals surface area contributed by atoms with Crippen molar-refractivity contribution >= 4 is 0 Å². The highest BCUT2D eigenvalue weighted by Crippen LogP contribution is 2.20. The summed E-state index contributed by atoms with van der Waals surface area (Å²) in [5.74, 6) is 0. The Bertz CT molecular complexity index is 718.